The minimum Gasteiger partial charge on any atom is -0.375 e. The highest BCUT2D eigenvalue weighted by Gasteiger charge is 2.28. The van der Waals surface area contributed by atoms with E-state index in [1.165, 1.54) is 19.3 Å². The summed E-state index contributed by atoms with van der Waals surface area (Å²) in [6.07, 6.45) is 10.3. The zero-order valence-corrected chi connectivity index (χ0v) is 9.12. The summed E-state index contributed by atoms with van der Waals surface area (Å²) in [5, 5.41) is 0. The van der Waals surface area contributed by atoms with Gasteiger partial charge in [-0.1, -0.05) is 26.0 Å². The van der Waals surface area contributed by atoms with Gasteiger partial charge in [-0.15, -0.1) is 0 Å². The topological polar surface area (TPSA) is 9.23 Å². The number of hydrogen-bond donors (Lipinski definition) is 0. The molecule has 13 heavy (non-hydrogen) atoms. The average Bonchev–Trinajstić information content (AvgIpc) is 2.39. The number of rotatable bonds is 4. The van der Waals surface area contributed by atoms with Crippen molar-refractivity contribution in [1.82, 2.24) is 0 Å². The van der Waals surface area contributed by atoms with Crippen molar-refractivity contribution in [1.29, 1.82) is 0 Å². The third-order valence-electron chi connectivity index (χ3n) is 2.77. The molecule has 1 heterocycles. The molecule has 1 heteroatoms. The Morgan fingerprint density at radius 3 is 2.62 bits per heavy atom. The van der Waals surface area contributed by atoms with Gasteiger partial charge in [-0.25, -0.2) is 0 Å². The molecule has 0 saturated carbocycles. The molecule has 1 rings (SSSR count). The predicted octanol–water partition coefficient (Wildman–Crippen LogP) is 3.55. The van der Waals surface area contributed by atoms with E-state index >= 15 is 0 Å². The molecule has 0 unspecified atom stereocenters. The number of hydrogen-bond acceptors (Lipinski definition) is 1. The molecule has 0 amide bonds. The Kier molecular flexibility index (Phi) is 4.51. The van der Waals surface area contributed by atoms with Crippen LogP contribution < -0.4 is 0 Å². The van der Waals surface area contributed by atoms with Crippen molar-refractivity contribution in [2.45, 2.75) is 58.7 Å². The van der Waals surface area contributed by atoms with Crippen molar-refractivity contribution < 1.29 is 4.74 Å². The van der Waals surface area contributed by atoms with Crippen LogP contribution in [0.4, 0.5) is 0 Å². The zero-order chi connectivity index (χ0) is 9.68. The molecule has 1 aliphatic heterocycles. The normalized spacial score (nSPS) is 34.5. The summed E-state index contributed by atoms with van der Waals surface area (Å²) in [6.45, 7) is 6.66. The van der Waals surface area contributed by atoms with Crippen molar-refractivity contribution in [2.24, 2.45) is 5.92 Å². The molecule has 1 nitrogen and oxygen atoms in total. The second-order valence-corrected chi connectivity index (χ2v) is 4.16. The molecule has 0 radical (unpaired) electrons. The Hall–Kier alpha value is -0.300. The second-order valence-electron chi connectivity index (χ2n) is 4.16. The van der Waals surface area contributed by atoms with Gasteiger partial charge in [-0.3, -0.25) is 0 Å². The maximum atomic E-state index is 5.82. The Bertz CT molecular complexity index is 163. The molecule has 0 aromatic heterocycles. The van der Waals surface area contributed by atoms with Gasteiger partial charge >= 0.3 is 0 Å². The van der Waals surface area contributed by atoms with E-state index in [2.05, 4.69) is 32.9 Å². The lowest BCUT2D eigenvalue weighted by Crippen LogP contribution is -2.12. The van der Waals surface area contributed by atoms with Gasteiger partial charge in [0.15, 0.2) is 0 Å². The van der Waals surface area contributed by atoms with Gasteiger partial charge in [0.2, 0.25) is 0 Å². The second kappa shape index (κ2) is 5.43. The number of ether oxygens (including phenoxy) is 1. The first-order valence-electron chi connectivity index (χ1n) is 5.54. The van der Waals surface area contributed by atoms with Crippen LogP contribution in [0.3, 0.4) is 0 Å². The average molecular weight is 182 g/mol. The largest absolute Gasteiger partial charge is 0.375 e. The Balaban J connectivity index is 2.18. The molecule has 1 saturated heterocycles. The van der Waals surface area contributed by atoms with Crippen LogP contribution in [0.2, 0.25) is 0 Å². The van der Waals surface area contributed by atoms with Crippen LogP contribution >= 0.6 is 0 Å². The van der Waals surface area contributed by atoms with E-state index in [0.29, 0.717) is 12.2 Å². The van der Waals surface area contributed by atoms with E-state index in [1.54, 1.807) is 0 Å². The van der Waals surface area contributed by atoms with E-state index < -0.39 is 0 Å². The fourth-order valence-corrected chi connectivity index (χ4v) is 2.06. The summed E-state index contributed by atoms with van der Waals surface area (Å²) in [5.41, 5.74) is 0. The summed E-state index contributed by atoms with van der Waals surface area (Å²) in [4.78, 5) is 0. The van der Waals surface area contributed by atoms with Gasteiger partial charge < -0.3 is 4.74 Å². The van der Waals surface area contributed by atoms with Gasteiger partial charge in [0, 0.05) is 0 Å². The molecular formula is C12H22O. The van der Waals surface area contributed by atoms with Gasteiger partial charge in [0.1, 0.15) is 0 Å². The lowest BCUT2D eigenvalue weighted by atomic mass is 9.98. The molecule has 0 aromatic carbocycles. The van der Waals surface area contributed by atoms with Crippen LogP contribution in [0.5, 0.6) is 0 Å². The van der Waals surface area contributed by atoms with Gasteiger partial charge in [0.25, 0.3) is 0 Å². The maximum Gasteiger partial charge on any atom is 0.0608 e. The minimum atomic E-state index is 0.482. The minimum absolute atomic E-state index is 0.482. The van der Waals surface area contributed by atoms with E-state index in [1.807, 2.05) is 0 Å². The van der Waals surface area contributed by atoms with Crippen molar-refractivity contribution in [3.8, 4) is 0 Å². The quantitative estimate of drug-likeness (QED) is 0.604. The third-order valence-corrected chi connectivity index (χ3v) is 2.77. The van der Waals surface area contributed by atoms with E-state index in [4.69, 9.17) is 4.74 Å². The van der Waals surface area contributed by atoms with Gasteiger partial charge in [0.05, 0.1) is 12.2 Å². The fourth-order valence-electron chi connectivity index (χ4n) is 2.06. The van der Waals surface area contributed by atoms with Gasteiger partial charge in [-0.05, 0) is 38.5 Å². The summed E-state index contributed by atoms with van der Waals surface area (Å²) in [6, 6.07) is 0. The lowest BCUT2D eigenvalue weighted by molar-refractivity contribution is 0.0413. The first kappa shape index (κ1) is 10.8. The van der Waals surface area contributed by atoms with Crippen LogP contribution in [0.15, 0.2) is 12.2 Å². The Morgan fingerprint density at radius 2 is 2.08 bits per heavy atom. The highest BCUT2D eigenvalue weighted by molar-refractivity contribution is 4.84. The SMILES string of the molecule is CC/C=C\CC[C@@H]1O[C@@H](C)C[C@@H]1C. The lowest BCUT2D eigenvalue weighted by Gasteiger charge is -2.13. The van der Waals surface area contributed by atoms with Crippen molar-refractivity contribution >= 4 is 0 Å². The third kappa shape index (κ3) is 3.51. The fraction of sp³-hybridized carbons (Fsp3) is 0.833. The standard InChI is InChI=1S/C12H22O/c1-4-5-6-7-8-12-10(2)9-11(3)13-12/h5-6,10-12H,4,7-9H2,1-3H3/b6-5-/t10-,11-,12-/m0/s1. The highest BCUT2D eigenvalue weighted by atomic mass is 16.5. The molecule has 0 spiro atoms. The monoisotopic (exact) mass is 182 g/mol. The van der Waals surface area contributed by atoms with Crippen LogP contribution in [-0.2, 0) is 4.74 Å². The smallest absolute Gasteiger partial charge is 0.0608 e. The molecule has 0 bridgehead atoms. The summed E-state index contributed by atoms with van der Waals surface area (Å²) in [5.74, 6) is 0.755. The van der Waals surface area contributed by atoms with Crippen LogP contribution in [0.25, 0.3) is 0 Å². The van der Waals surface area contributed by atoms with Crippen LogP contribution in [0.1, 0.15) is 46.5 Å². The van der Waals surface area contributed by atoms with Gasteiger partial charge in [-0.2, -0.15) is 0 Å². The molecule has 1 fully saturated rings. The predicted molar refractivity (Wildman–Crippen MR) is 56.8 cm³/mol. The molecule has 76 valence electrons. The van der Waals surface area contributed by atoms with Crippen LogP contribution in [0, 0.1) is 5.92 Å². The van der Waals surface area contributed by atoms with Crippen LogP contribution in [-0.4, -0.2) is 12.2 Å². The first-order chi connectivity index (χ1) is 6.24. The maximum absolute atomic E-state index is 5.82. The molecular weight excluding hydrogens is 160 g/mol. The van der Waals surface area contributed by atoms with E-state index in [0.717, 1.165) is 12.3 Å². The summed E-state index contributed by atoms with van der Waals surface area (Å²) >= 11 is 0. The Morgan fingerprint density at radius 1 is 1.31 bits per heavy atom. The molecule has 0 aromatic rings. The molecule has 0 aliphatic carbocycles. The molecule has 0 N–H and O–H groups in total. The molecule has 3 atom stereocenters. The van der Waals surface area contributed by atoms with Crippen molar-refractivity contribution in [3.05, 3.63) is 12.2 Å². The van der Waals surface area contributed by atoms with Crippen molar-refractivity contribution in [2.75, 3.05) is 0 Å². The van der Waals surface area contributed by atoms with E-state index in [9.17, 15) is 0 Å². The Labute approximate surface area is 82.2 Å². The summed E-state index contributed by atoms with van der Waals surface area (Å²) in [7, 11) is 0. The number of allylic oxidation sites excluding steroid dienone is 2. The molecule has 1 aliphatic rings. The van der Waals surface area contributed by atoms with Crippen molar-refractivity contribution in [3.63, 3.8) is 0 Å². The zero-order valence-electron chi connectivity index (χ0n) is 9.12. The summed E-state index contributed by atoms with van der Waals surface area (Å²) < 4.78 is 5.82. The first-order valence-corrected chi connectivity index (χ1v) is 5.54. The van der Waals surface area contributed by atoms with E-state index in [-0.39, 0.29) is 0 Å². The highest BCUT2D eigenvalue weighted by Crippen LogP contribution is 2.28.